The number of hydrogen-bond acceptors (Lipinski definition) is 4. The first-order valence-electron chi connectivity index (χ1n) is 5.18. The molecule has 20 heavy (non-hydrogen) atoms. The summed E-state index contributed by atoms with van der Waals surface area (Å²) in [5.74, 6) is -1.01. The highest BCUT2D eigenvalue weighted by molar-refractivity contribution is 9.10. The lowest BCUT2D eigenvalue weighted by molar-refractivity contribution is 0.573. The molecule has 106 valence electrons. The number of rotatable bonds is 3. The van der Waals surface area contributed by atoms with E-state index in [1.165, 1.54) is 12.3 Å². The van der Waals surface area contributed by atoms with Crippen molar-refractivity contribution in [3.8, 4) is 0 Å². The molecule has 2 rings (SSSR count). The fourth-order valence-electron chi connectivity index (χ4n) is 1.41. The van der Waals surface area contributed by atoms with Crippen LogP contribution in [0.5, 0.6) is 0 Å². The van der Waals surface area contributed by atoms with Gasteiger partial charge in [0.1, 0.15) is 10.7 Å². The highest BCUT2D eigenvalue weighted by atomic mass is 79.9. The predicted octanol–water partition coefficient (Wildman–Crippen LogP) is 3.02. The van der Waals surface area contributed by atoms with Crippen molar-refractivity contribution >= 4 is 49.1 Å². The molecule has 1 heterocycles. The summed E-state index contributed by atoms with van der Waals surface area (Å²) in [5.41, 5.74) is 5.01. The Labute approximate surface area is 128 Å². The van der Waals surface area contributed by atoms with Gasteiger partial charge in [0.05, 0.1) is 5.69 Å². The molecule has 0 amide bonds. The van der Waals surface area contributed by atoms with E-state index in [0.29, 0.717) is 4.47 Å². The number of anilines is 2. The number of halogens is 3. The summed E-state index contributed by atoms with van der Waals surface area (Å²) >= 11 is 8.86. The molecule has 1 aromatic heterocycles. The zero-order chi connectivity index (χ0) is 14.9. The second-order valence-electron chi connectivity index (χ2n) is 3.77. The maximum atomic E-state index is 13.8. The minimum atomic E-state index is -4.17. The van der Waals surface area contributed by atoms with E-state index < -0.39 is 20.7 Å². The molecular formula is C11H8BrClFN3O2S. The van der Waals surface area contributed by atoms with E-state index in [4.69, 9.17) is 17.3 Å². The second-order valence-corrected chi connectivity index (χ2v) is 6.78. The smallest absolute Gasteiger partial charge is 0.266 e. The monoisotopic (exact) mass is 379 g/mol. The maximum Gasteiger partial charge on any atom is 0.266 e. The van der Waals surface area contributed by atoms with Crippen molar-refractivity contribution in [2.75, 3.05) is 10.5 Å². The van der Waals surface area contributed by atoms with Gasteiger partial charge in [0.2, 0.25) is 0 Å². The number of nitrogens with zero attached hydrogens (tertiary/aromatic N) is 1. The third-order valence-corrected chi connectivity index (χ3v) is 4.33. The highest BCUT2D eigenvalue weighted by Crippen LogP contribution is 2.26. The lowest BCUT2D eigenvalue weighted by Gasteiger charge is -2.10. The van der Waals surface area contributed by atoms with Crippen molar-refractivity contribution in [3.63, 3.8) is 0 Å². The minimum Gasteiger partial charge on any atom is -0.396 e. The van der Waals surface area contributed by atoms with Gasteiger partial charge in [0, 0.05) is 15.7 Å². The van der Waals surface area contributed by atoms with Gasteiger partial charge in [-0.05, 0) is 40.2 Å². The van der Waals surface area contributed by atoms with E-state index in [1.807, 2.05) is 0 Å². The third kappa shape index (κ3) is 3.20. The highest BCUT2D eigenvalue weighted by Gasteiger charge is 2.22. The van der Waals surface area contributed by atoms with Gasteiger partial charge < -0.3 is 5.73 Å². The lowest BCUT2D eigenvalue weighted by Crippen LogP contribution is -2.16. The van der Waals surface area contributed by atoms with Crippen molar-refractivity contribution in [1.29, 1.82) is 0 Å². The average Bonchev–Trinajstić information content (AvgIpc) is 2.36. The van der Waals surface area contributed by atoms with Crippen molar-refractivity contribution in [2.45, 2.75) is 4.90 Å². The van der Waals surface area contributed by atoms with E-state index >= 15 is 0 Å². The summed E-state index contributed by atoms with van der Waals surface area (Å²) in [5, 5.41) is 0.0213. The number of pyridine rings is 1. The molecule has 0 aliphatic rings. The fraction of sp³-hybridized carbons (Fsp3) is 0. The van der Waals surface area contributed by atoms with Crippen LogP contribution in [0.25, 0.3) is 0 Å². The third-order valence-electron chi connectivity index (χ3n) is 2.29. The Balaban J connectivity index is 2.43. The number of aromatic nitrogens is 1. The zero-order valence-electron chi connectivity index (χ0n) is 9.77. The van der Waals surface area contributed by atoms with Crippen LogP contribution in [0.2, 0.25) is 5.02 Å². The number of nitrogen functional groups attached to an aromatic ring is 1. The van der Waals surface area contributed by atoms with E-state index in [9.17, 15) is 12.8 Å². The molecule has 2 aromatic rings. The molecule has 0 fully saturated rings. The van der Waals surface area contributed by atoms with Crippen molar-refractivity contribution in [3.05, 3.63) is 45.8 Å². The van der Waals surface area contributed by atoms with E-state index in [1.54, 1.807) is 6.07 Å². The van der Waals surface area contributed by atoms with Crippen LogP contribution in [-0.4, -0.2) is 13.4 Å². The molecule has 0 saturated heterocycles. The van der Waals surface area contributed by atoms with Crippen molar-refractivity contribution in [1.82, 2.24) is 4.98 Å². The topological polar surface area (TPSA) is 85.1 Å². The van der Waals surface area contributed by atoms with Crippen molar-refractivity contribution in [2.24, 2.45) is 0 Å². The molecule has 5 nitrogen and oxygen atoms in total. The molecule has 0 radical (unpaired) electrons. The van der Waals surface area contributed by atoms with Crippen LogP contribution in [-0.2, 0) is 10.0 Å². The molecule has 0 aliphatic heterocycles. The second kappa shape index (κ2) is 5.55. The minimum absolute atomic E-state index is 0.0213. The van der Waals surface area contributed by atoms with Crippen LogP contribution in [0.15, 0.2) is 39.8 Å². The molecule has 0 unspecified atom stereocenters. The van der Waals surface area contributed by atoms with Crippen LogP contribution >= 0.6 is 27.5 Å². The first kappa shape index (κ1) is 15.0. The average molecular weight is 381 g/mol. The number of benzene rings is 1. The molecule has 0 atom stereocenters. The summed E-state index contributed by atoms with van der Waals surface area (Å²) < 4.78 is 40.8. The van der Waals surface area contributed by atoms with E-state index in [-0.39, 0.29) is 16.5 Å². The van der Waals surface area contributed by atoms with Crippen LogP contribution in [0.3, 0.4) is 0 Å². The molecule has 3 N–H and O–H groups in total. The van der Waals surface area contributed by atoms with Crippen LogP contribution in [0, 0.1) is 5.82 Å². The van der Waals surface area contributed by atoms with Crippen LogP contribution in [0.1, 0.15) is 0 Å². The van der Waals surface area contributed by atoms with E-state index in [2.05, 4.69) is 25.6 Å². The Hall–Kier alpha value is -1.38. The standard InChI is InChI=1S/C11H8BrClFN3O2S/c12-6-1-2-10(16-5-6)17-20(18,19)9-4-7(13)3-8(15)11(9)14/h1-5H,15H2,(H,16,17). The number of nitrogens with one attached hydrogen (secondary N) is 1. The Morgan fingerprint density at radius 3 is 2.65 bits per heavy atom. The van der Waals surface area contributed by atoms with E-state index in [0.717, 1.165) is 12.1 Å². The Morgan fingerprint density at radius 1 is 1.35 bits per heavy atom. The maximum absolute atomic E-state index is 13.8. The summed E-state index contributed by atoms with van der Waals surface area (Å²) in [4.78, 5) is 3.21. The van der Waals surface area contributed by atoms with Crippen molar-refractivity contribution < 1.29 is 12.8 Å². The molecule has 0 bridgehead atoms. The summed E-state index contributed by atoms with van der Waals surface area (Å²) in [6.07, 6.45) is 1.40. The first-order chi connectivity index (χ1) is 9.29. The quantitative estimate of drug-likeness (QED) is 0.802. The van der Waals surface area contributed by atoms with Gasteiger partial charge in [-0.3, -0.25) is 4.72 Å². The SMILES string of the molecule is Nc1cc(Cl)cc(S(=O)(=O)Nc2ccc(Br)cn2)c1F. The molecule has 0 saturated carbocycles. The molecule has 1 aromatic carbocycles. The molecule has 0 aliphatic carbocycles. The molecule has 9 heteroatoms. The van der Waals surface area contributed by atoms with Gasteiger partial charge in [0.15, 0.2) is 5.82 Å². The summed E-state index contributed by atoms with van der Waals surface area (Å²) in [6.45, 7) is 0. The normalized spacial score (nSPS) is 11.3. The van der Waals surface area contributed by atoms with Gasteiger partial charge in [-0.2, -0.15) is 0 Å². The Bertz CT molecular complexity index is 753. The number of nitrogens with two attached hydrogens (primary N) is 1. The van der Waals surface area contributed by atoms with Gasteiger partial charge in [-0.1, -0.05) is 11.6 Å². The first-order valence-corrected chi connectivity index (χ1v) is 7.84. The van der Waals surface area contributed by atoms with Crippen LogP contribution in [0.4, 0.5) is 15.9 Å². The Morgan fingerprint density at radius 2 is 2.05 bits per heavy atom. The van der Waals surface area contributed by atoms with Crippen LogP contribution < -0.4 is 10.5 Å². The lowest BCUT2D eigenvalue weighted by atomic mass is 10.3. The molecule has 0 spiro atoms. The summed E-state index contributed by atoms with van der Waals surface area (Å²) in [6, 6.07) is 5.13. The zero-order valence-corrected chi connectivity index (χ0v) is 12.9. The fourth-order valence-corrected chi connectivity index (χ4v) is 3.08. The van der Waals surface area contributed by atoms with Gasteiger partial charge in [-0.25, -0.2) is 17.8 Å². The predicted molar refractivity (Wildman–Crippen MR) is 78.6 cm³/mol. The van der Waals surface area contributed by atoms with Gasteiger partial charge in [0.25, 0.3) is 10.0 Å². The summed E-state index contributed by atoms with van der Waals surface area (Å²) in [7, 11) is -4.17. The number of sulfonamides is 1. The largest absolute Gasteiger partial charge is 0.396 e. The van der Waals surface area contributed by atoms with Gasteiger partial charge >= 0.3 is 0 Å². The van der Waals surface area contributed by atoms with Gasteiger partial charge in [-0.15, -0.1) is 0 Å². The Kier molecular flexibility index (Phi) is 4.17. The molecular weight excluding hydrogens is 373 g/mol. The number of hydrogen-bond donors (Lipinski definition) is 2.